The summed E-state index contributed by atoms with van der Waals surface area (Å²) in [5, 5.41) is 13.3. The molecule has 1 aliphatic rings. The van der Waals surface area contributed by atoms with Gasteiger partial charge in [-0.1, -0.05) is 30.8 Å². The van der Waals surface area contributed by atoms with Crippen molar-refractivity contribution in [2.24, 2.45) is 4.99 Å². The molecule has 0 aliphatic carbocycles. The van der Waals surface area contributed by atoms with Crippen LogP contribution < -0.4 is 5.32 Å². The van der Waals surface area contributed by atoms with E-state index in [9.17, 15) is 0 Å². The Hall–Kier alpha value is -1.47. The molecule has 1 heterocycles. The summed E-state index contributed by atoms with van der Waals surface area (Å²) in [6, 6.07) is 9.74. The van der Waals surface area contributed by atoms with Crippen LogP contribution in [0.2, 0.25) is 0 Å². The third-order valence-corrected chi connectivity index (χ3v) is 4.48. The lowest BCUT2D eigenvalue weighted by Gasteiger charge is -2.35. The summed E-state index contributed by atoms with van der Waals surface area (Å²) in [6.45, 7) is 5.13. The van der Waals surface area contributed by atoms with E-state index in [-0.39, 0.29) is 5.54 Å². The fraction of sp³-hybridized carbons (Fsp3) is 0.467. The molecule has 2 rings (SSSR count). The van der Waals surface area contributed by atoms with Gasteiger partial charge in [0.15, 0.2) is 5.17 Å². The molecule has 1 N–H and O–H groups in total. The fourth-order valence-electron chi connectivity index (χ4n) is 1.93. The Morgan fingerprint density at radius 1 is 1.42 bits per heavy atom. The van der Waals surface area contributed by atoms with Crippen LogP contribution >= 0.6 is 11.8 Å². The smallest absolute Gasteiger partial charge is 0.157 e. The van der Waals surface area contributed by atoms with E-state index in [1.165, 1.54) is 6.42 Å². The van der Waals surface area contributed by atoms with Gasteiger partial charge in [0.2, 0.25) is 0 Å². The first-order valence-corrected chi connectivity index (χ1v) is 7.58. The molecule has 0 spiro atoms. The molecule has 19 heavy (non-hydrogen) atoms. The minimum atomic E-state index is 0.189. The van der Waals surface area contributed by atoms with Crippen LogP contribution in [0.3, 0.4) is 0 Å². The van der Waals surface area contributed by atoms with Gasteiger partial charge in [0, 0.05) is 11.3 Å². The first kappa shape index (κ1) is 14.0. The molecule has 1 aromatic rings. The average molecular weight is 273 g/mol. The SMILES string of the molecule is CCC1(C)CCSC(=NCc2ccc(C#N)cc2)N1. The van der Waals surface area contributed by atoms with Gasteiger partial charge in [-0.25, -0.2) is 0 Å². The molecule has 1 aliphatic heterocycles. The summed E-state index contributed by atoms with van der Waals surface area (Å²) >= 11 is 1.79. The number of benzene rings is 1. The fourth-order valence-corrected chi connectivity index (χ4v) is 3.15. The third-order valence-electron chi connectivity index (χ3n) is 3.57. The molecule has 0 saturated carbocycles. The molecular formula is C15H19N3S. The Bertz CT molecular complexity index is 501. The van der Waals surface area contributed by atoms with Crippen molar-refractivity contribution in [1.82, 2.24) is 5.32 Å². The Balaban J connectivity index is 2.00. The van der Waals surface area contributed by atoms with Crippen molar-refractivity contribution in [3.8, 4) is 6.07 Å². The molecule has 0 radical (unpaired) electrons. The minimum absolute atomic E-state index is 0.189. The van der Waals surface area contributed by atoms with Crippen molar-refractivity contribution in [3.63, 3.8) is 0 Å². The Morgan fingerprint density at radius 2 is 2.16 bits per heavy atom. The van der Waals surface area contributed by atoms with Crippen molar-refractivity contribution in [1.29, 1.82) is 5.26 Å². The predicted octanol–water partition coefficient (Wildman–Crippen LogP) is 3.31. The van der Waals surface area contributed by atoms with Crippen LogP contribution in [0.4, 0.5) is 0 Å². The van der Waals surface area contributed by atoms with Crippen molar-refractivity contribution >= 4 is 16.9 Å². The van der Waals surface area contributed by atoms with Crippen LogP contribution in [0.1, 0.15) is 37.8 Å². The van der Waals surface area contributed by atoms with Crippen LogP contribution in [-0.4, -0.2) is 16.5 Å². The van der Waals surface area contributed by atoms with E-state index < -0.39 is 0 Å². The monoisotopic (exact) mass is 273 g/mol. The first-order chi connectivity index (χ1) is 9.15. The summed E-state index contributed by atoms with van der Waals surface area (Å²) in [7, 11) is 0. The average Bonchev–Trinajstić information content (AvgIpc) is 2.46. The van der Waals surface area contributed by atoms with E-state index in [2.05, 4.69) is 30.2 Å². The third kappa shape index (κ3) is 3.74. The van der Waals surface area contributed by atoms with E-state index in [1.54, 1.807) is 11.8 Å². The number of rotatable bonds is 3. The number of nitriles is 1. The molecule has 4 heteroatoms. The zero-order valence-corrected chi connectivity index (χ0v) is 12.3. The Labute approximate surface area is 119 Å². The highest BCUT2D eigenvalue weighted by molar-refractivity contribution is 8.13. The van der Waals surface area contributed by atoms with E-state index in [1.807, 2.05) is 24.3 Å². The van der Waals surface area contributed by atoms with Crippen LogP contribution in [0.15, 0.2) is 29.3 Å². The van der Waals surface area contributed by atoms with Crippen molar-refractivity contribution in [2.75, 3.05) is 5.75 Å². The van der Waals surface area contributed by atoms with Crippen molar-refractivity contribution in [2.45, 2.75) is 38.8 Å². The van der Waals surface area contributed by atoms with Gasteiger partial charge in [0.05, 0.1) is 18.2 Å². The zero-order chi connectivity index (χ0) is 13.7. The van der Waals surface area contributed by atoms with Crippen LogP contribution in [0.5, 0.6) is 0 Å². The van der Waals surface area contributed by atoms with Crippen molar-refractivity contribution < 1.29 is 0 Å². The number of nitrogens with one attached hydrogen (secondary N) is 1. The molecule has 1 saturated heterocycles. The van der Waals surface area contributed by atoms with E-state index >= 15 is 0 Å². The Kier molecular flexibility index (Phi) is 4.49. The molecule has 1 fully saturated rings. The number of amidine groups is 1. The van der Waals surface area contributed by atoms with Gasteiger partial charge in [0.1, 0.15) is 0 Å². The van der Waals surface area contributed by atoms with Gasteiger partial charge in [-0.05, 0) is 37.5 Å². The predicted molar refractivity (Wildman–Crippen MR) is 81.2 cm³/mol. The van der Waals surface area contributed by atoms with Crippen LogP contribution in [-0.2, 0) is 6.54 Å². The molecule has 0 amide bonds. The highest BCUT2D eigenvalue weighted by Gasteiger charge is 2.27. The lowest BCUT2D eigenvalue weighted by molar-refractivity contribution is 0.390. The highest BCUT2D eigenvalue weighted by atomic mass is 32.2. The van der Waals surface area contributed by atoms with Gasteiger partial charge in [-0.2, -0.15) is 5.26 Å². The molecule has 1 atom stereocenters. The molecule has 3 nitrogen and oxygen atoms in total. The molecule has 1 aromatic carbocycles. The maximum absolute atomic E-state index is 8.76. The van der Waals surface area contributed by atoms with Crippen LogP contribution in [0.25, 0.3) is 0 Å². The van der Waals surface area contributed by atoms with E-state index in [0.29, 0.717) is 12.1 Å². The summed E-state index contributed by atoms with van der Waals surface area (Å²) < 4.78 is 0. The second-order valence-electron chi connectivity index (χ2n) is 5.07. The zero-order valence-electron chi connectivity index (χ0n) is 11.4. The standard InChI is InChI=1S/C15H19N3S/c1-3-15(2)8-9-19-14(18-15)17-11-13-6-4-12(10-16)5-7-13/h4-7H,3,8-9,11H2,1-2H3,(H,17,18). The lowest BCUT2D eigenvalue weighted by Crippen LogP contribution is -2.48. The number of thioether (sulfide) groups is 1. The highest BCUT2D eigenvalue weighted by Crippen LogP contribution is 2.25. The normalized spacial score (nSPS) is 24.8. The molecule has 0 bridgehead atoms. The van der Waals surface area contributed by atoms with Crippen LogP contribution in [0, 0.1) is 11.3 Å². The molecule has 0 aromatic heterocycles. The summed E-state index contributed by atoms with van der Waals surface area (Å²) in [4.78, 5) is 4.64. The summed E-state index contributed by atoms with van der Waals surface area (Å²) in [6.07, 6.45) is 2.30. The van der Waals surface area contributed by atoms with Gasteiger partial charge in [-0.15, -0.1) is 0 Å². The maximum Gasteiger partial charge on any atom is 0.157 e. The topological polar surface area (TPSA) is 48.2 Å². The maximum atomic E-state index is 8.76. The Morgan fingerprint density at radius 3 is 2.79 bits per heavy atom. The number of aliphatic imine (C=N–C) groups is 1. The van der Waals surface area contributed by atoms with Gasteiger partial charge >= 0.3 is 0 Å². The molecule has 1 unspecified atom stereocenters. The quantitative estimate of drug-likeness (QED) is 0.919. The van der Waals surface area contributed by atoms with Gasteiger partial charge < -0.3 is 5.32 Å². The lowest BCUT2D eigenvalue weighted by atomic mass is 9.96. The molecular weight excluding hydrogens is 254 g/mol. The second kappa shape index (κ2) is 6.12. The number of hydrogen-bond donors (Lipinski definition) is 1. The van der Waals surface area contributed by atoms with Gasteiger partial charge in [0.25, 0.3) is 0 Å². The van der Waals surface area contributed by atoms with E-state index in [0.717, 1.165) is 22.9 Å². The summed E-state index contributed by atoms with van der Waals surface area (Å²) in [5.41, 5.74) is 2.02. The largest absolute Gasteiger partial charge is 0.360 e. The number of hydrogen-bond acceptors (Lipinski definition) is 3. The minimum Gasteiger partial charge on any atom is -0.360 e. The number of nitrogens with zero attached hydrogens (tertiary/aromatic N) is 2. The van der Waals surface area contributed by atoms with Crippen molar-refractivity contribution in [3.05, 3.63) is 35.4 Å². The molecule has 100 valence electrons. The van der Waals surface area contributed by atoms with Gasteiger partial charge in [-0.3, -0.25) is 4.99 Å². The first-order valence-electron chi connectivity index (χ1n) is 6.60. The van der Waals surface area contributed by atoms with E-state index in [4.69, 9.17) is 5.26 Å². The summed E-state index contributed by atoms with van der Waals surface area (Å²) in [5.74, 6) is 1.13. The second-order valence-corrected chi connectivity index (χ2v) is 6.15.